The molecule has 0 saturated heterocycles. The van der Waals surface area contributed by atoms with Crippen molar-refractivity contribution >= 4 is 69.4 Å². The van der Waals surface area contributed by atoms with Gasteiger partial charge in [0.25, 0.3) is 5.91 Å². The van der Waals surface area contributed by atoms with Gasteiger partial charge in [0.15, 0.2) is 0 Å². The fourth-order valence-electron chi connectivity index (χ4n) is 2.51. The summed E-state index contributed by atoms with van der Waals surface area (Å²) < 4.78 is 0.559. The van der Waals surface area contributed by atoms with Crippen molar-refractivity contribution < 1.29 is 9.59 Å². The Labute approximate surface area is 192 Å². The van der Waals surface area contributed by atoms with E-state index in [-0.39, 0.29) is 18.2 Å². The number of carbonyl (C=O) groups excluding carboxylic acids is 2. The van der Waals surface area contributed by atoms with Crippen LogP contribution >= 0.6 is 46.1 Å². The Balaban J connectivity index is 1.57. The van der Waals surface area contributed by atoms with E-state index in [2.05, 4.69) is 15.8 Å². The predicted octanol–water partition coefficient (Wildman–Crippen LogP) is 6.04. The van der Waals surface area contributed by atoms with E-state index in [0.29, 0.717) is 30.7 Å². The normalized spacial score (nSPS) is 11.3. The van der Waals surface area contributed by atoms with Crippen LogP contribution in [0, 0.1) is 0 Å². The van der Waals surface area contributed by atoms with Crippen LogP contribution < -0.4 is 10.7 Å². The number of anilines is 1. The number of carbonyl (C=O) groups is 2. The van der Waals surface area contributed by atoms with Crippen LogP contribution in [-0.2, 0) is 11.2 Å². The topological polar surface area (TPSA) is 70.6 Å². The van der Waals surface area contributed by atoms with Gasteiger partial charge in [-0.1, -0.05) is 53.0 Å². The second kappa shape index (κ2) is 10.1. The third kappa shape index (κ3) is 6.06. The first-order chi connectivity index (χ1) is 14.3. The van der Waals surface area contributed by atoms with Crippen LogP contribution in [0.5, 0.6) is 0 Å². The molecule has 9 heteroatoms. The standard InChI is InChI=1S/C21H16Cl3N3O2S/c1-12(26-27-20(28)11-13-2-7-16(22)17(23)10-13)14-3-5-15(6-4-14)25-21(29)18-8-9-19(24)30-18/h2-10H,11H2,1H3,(H,25,29)(H,27,28)/b26-12+. The SMILES string of the molecule is C/C(=N\NC(=O)Cc1ccc(Cl)c(Cl)c1)c1ccc(NC(=O)c2ccc(Cl)s2)cc1. The Morgan fingerprint density at radius 2 is 1.70 bits per heavy atom. The molecular formula is C21H16Cl3N3O2S. The van der Waals surface area contributed by atoms with Crippen LogP contribution in [0.4, 0.5) is 5.69 Å². The number of hydrogen-bond acceptors (Lipinski definition) is 4. The molecule has 0 unspecified atom stereocenters. The lowest BCUT2D eigenvalue weighted by molar-refractivity contribution is -0.120. The number of benzene rings is 2. The summed E-state index contributed by atoms with van der Waals surface area (Å²) >= 11 is 18.9. The van der Waals surface area contributed by atoms with Crippen LogP contribution in [-0.4, -0.2) is 17.5 Å². The molecule has 5 nitrogen and oxygen atoms in total. The van der Waals surface area contributed by atoms with Gasteiger partial charge in [0, 0.05) is 5.69 Å². The molecule has 0 spiro atoms. The highest BCUT2D eigenvalue weighted by atomic mass is 35.5. The first kappa shape index (κ1) is 22.3. The van der Waals surface area contributed by atoms with Gasteiger partial charge in [-0.15, -0.1) is 11.3 Å². The number of amides is 2. The Hall–Kier alpha value is -2.38. The summed E-state index contributed by atoms with van der Waals surface area (Å²) in [4.78, 5) is 24.8. The zero-order valence-corrected chi connectivity index (χ0v) is 18.8. The van der Waals surface area contributed by atoms with E-state index in [9.17, 15) is 9.59 Å². The van der Waals surface area contributed by atoms with Gasteiger partial charge in [-0.3, -0.25) is 9.59 Å². The summed E-state index contributed by atoms with van der Waals surface area (Å²) in [7, 11) is 0. The van der Waals surface area contributed by atoms with E-state index in [0.717, 1.165) is 11.1 Å². The number of nitrogens with zero attached hydrogens (tertiary/aromatic N) is 1. The van der Waals surface area contributed by atoms with Gasteiger partial charge in [0.1, 0.15) is 0 Å². The van der Waals surface area contributed by atoms with Gasteiger partial charge >= 0.3 is 0 Å². The molecule has 0 bridgehead atoms. The second-order valence-corrected chi connectivity index (χ2v) is 8.82. The summed E-state index contributed by atoms with van der Waals surface area (Å²) in [6.45, 7) is 1.78. The van der Waals surface area contributed by atoms with Crippen LogP contribution in [0.2, 0.25) is 14.4 Å². The minimum Gasteiger partial charge on any atom is -0.321 e. The highest BCUT2D eigenvalue weighted by Gasteiger charge is 2.09. The number of rotatable bonds is 6. The molecule has 2 aromatic carbocycles. The molecule has 1 heterocycles. The van der Waals surface area contributed by atoms with E-state index < -0.39 is 0 Å². The minimum absolute atomic E-state index is 0.130. The van der Waals surface area contributed by atoms with Crippen molar-refractivity contribution in [1.29, 1.82) is 0 Å². The van der Waals surface area contributed by atoms with E-state index in [4.69, 9.17) is 34.8 Å². The monoisotopic (exact) mass is 479 g/mol. The van der Waals surface area contributed by atoms with E-state index in [1.54, 1.807) is 61.5 Å². The van der Waals surface area contributed by atoms with Gasteiger partial charge in [-0.2, -0.15) is 5.10 Å². The van der Waals surface area contributed by atoms with Gasteiger partial charge < -0.3 is 5.32 Å². The van der Waals surface area contributed by atoms with Crippen molar-refractivity contribution in [3.8, 4) is 0 Å². The first-order valence-electron chi connectivity index (χ1n) is 8.76. The fraction of sp³-hybridized carbons (Fsp3) is 0.0952. The molecule has 0 aliphatic heterocycles. The van der Waals surface area contributed by atoms with E-state index in [1.165, 1.54) is 11.3 Å². The number of thiophene rings is 1. The van der Waals surface area contributed by atoms with Crippen molar-refractivity contribution in [2.45, 2.75) is 13.3 Å². The maximum Gasteiger partial charge on any atom is 0.265 e. The summed E-state index contributed by atoms with van der Waals surface area (Å²) in [5.74, 6) is -0.495. The highest BCUT2D eigenvalue weighted by molar-refractivity contribution is 7.18. The lowest BCUT2D eigenvalue weighted by atomic mass is 10.1. The van der Waals surface area contributed by atoms with E-state index in [1.807, 2.05) is 0 Å². The molecule has 0 atom stereocenters. The smallest absolute Gasteiger partial charge is 0.265 e. The maximum atomic E-state index is 12.2. The van der Waals surface area contributed by atoms with Crippen molar-refractivity contribution in [2.24, 2.45) is 5.10 Å². The third-order valence-corrected chi connectivity index (χ3v) is 6.02. The molecule has 0 saturated carbocycles. The van der Waals surface area contributed by atoms with Crippen LogP contribution in [0.1, 0.15) is 27.7 Å². The van der Waals surface area contributed by atoms with Crippen molar-refractivity contribution in [1.82, 2.24) is 5.43 Å². The Bertz CT molecular complexity index is 1110. The second-order valence-electron chi connectivity index (χ2n) is 6.29. The van der Waals surface area contributed by atoms with Gasteiger partial charge in [0.2, 0.25) is 5.91 Å². The summed E-state index contributed by atoms with van der Waals surface area (Å²) in [6.07, 6.45) is 0.130. The van der Waals surface area contributed by atoms with Crippen LogP contribution in [0.15, 0.2) is 59.7 Å². The molecule has 154 valence electrons. The summed E-state index contributed by atoms with van der Waals surface area (Å²) in [5.41, 5.74) is 5.34. The average molecular weight is 481 g/mol. The van der Waals surface area contributed by atoms with Crippen molar-refractivity contribution in [3.05, 3.63) is 85.0 Å². The minimum atomic E-state index is -0.272. The number of hydrogen-bond donors (Lipinski definition) is 2. The van der Waals surface area contributed by atoms with E-state index >= 15 is 0 Å². The third-order valence-electron chi connectivity index (χ3n) is 4.05. The molecule has 0 fully saturated rings. The number of hydrazone groups is 1. The average Bonchev–Trinajstić information content (AvgIpc) is 3.16. The maximum absolute atomic E-state index is 12.2. The molecular weight excluding hydrogens is 465 g/mol. The predicted molar refractivity (Wildman–Crippen MR) is 124 cm³/mol. The van der Waals surface area contributed by atoms with Crippen LogP contribution in [0.25, 0.3) is 0 Å². The lowest BCUT2D eigenvalue weighted by Gasteiger charge is -2.06. The molecule has 0 aliphatic rings. The molecule has 1 aromatic heterocycles. The molecule has 2 amide bonds. The molecule has 0 radical (unpaired) electrons. The lowest BCUT2D eigenvalue weighted by Crippen LogP contribution is -2.21. The molecule has 3 aromatic rings. The highest BCUT2D eigenvalue weighted by Crippen LogP contribution is 2.23. The van der Waals surface area contributed by atoms with Crippen molar-refractivity contribution in [3.63, 3.8) is 0 Å². The molecule has 30 heavy (non-hydrogen) atoms. The molecule has 3 rings (SSSR count). The zero-order valence-electron chi connectivity index (χ0n) is 15.7. The zero-order chi connectivity index (χ0) is 21.7. The van der Waals surface area contributed by atoms with Gasteiger partial charge in [-0.25, -0.2) is 5.43 Å². The van der Waals surface area contributed by atoms with Gasteiger partial charge in [0.05, 0.1) is 31.4 Å². The Morgan fingerprint density at radius 1 is 0.967 bits per heavy atom. The Kier molecular flexibility index (Phi) is 7.50. The van der Waals surface area contributed by atoms with Crippen LogP contribution in [0.3, 0.4) is 0 Å². The van der Waals surface area contributed by atoms with Crippen molar-refractivity contribution in [2.75, 3.05) is 5.32 Å². The fourth-order valence-corrected chi connectivity index (χ4v) is 3.77. The number of halogens is 3. The quantitative estimate of drug-likeness (QED) is 0.333. The largest absolute Gasteiger partial charge is 0.321 e. The summed E-state index contributed by atoms with van der Waals surface area (Å²) in [6, 6.07) is 15.5. The Morgan fingerprint density at radius 3 is 2.33 bits per heavy atom. The molecule has 0 aliphatic carbocycles. The number of nitrogens with one attached hydrogen (secondary N) is 2. The molecule has 2 N–H and O–H groups in total. The van der Waals surface area contributed by atoms with Gasteiger partial charge in [-0.05, 0) is 54.4 Å². The summed E-state index contributed by atoms with van der Waals surface area (Å²) in [5, 5.41) is 7.77. The first-order valence-corrected chi connectivity index (χ1v) is 10.7.